The van der Waals surface area contributed by atoms with Crippen molar-refractivity contribution in [2.24, 2.45) is 0 Å². The Bertz CT molecular complexity index is 548. The molecule has 0 aromatic carbocycles. The van der Waals surface area contributed by atoms with Crippen LogP contribution in [0.1, 0.15) is 28.8 Å². The topological polar surface area (TPSA) is 74.0 Å². The molecule has 0 spiro atoms. The maximum Gasteiger partial charge on any atom is 0.418 e. The normalized spacial score (nSPS) is 11.4. The van der Waals surface area contributed by atoms with E-state index in [1.165, 1.54) is 0 Å². The summed E-state index contributed by atoms with van der Waals surface area (Å²) < 4.78 is 63.5. The molecular weight excluding hydrogens is 275 g/mol. The monoisotopic (exact) mass is 280 g/mol. The summed E-state index contributed by atoms with van der Waals surface area (Å²) in [6.45, 7) is 0. The second-order valence-corrected chi connectivity index (χ2v) is 3.39. The highest BCUT2D eigenvalue weighted by molar-refractivity contribution is 5.72. The lowest BCUT2D eigenvalue weighted by molar-refractivity contribution is -0.140. The number of halogens is 5. The molecule has 0 aliphatic heterocycles. The number of aromatic nitrogens is 1. The highest BCUT2D eigenvalue weighted by atomic mass is 19.4. The van der Waals surface area contributed by atoms with E-state index in [1.54, 1.807) is 0 Å². The minimum Gasteiger partial charge on any atom is -0.481 e. The molecule has 9 heteroatoms. The van der Waals surface area contributed by atoms with Crippen LogP contribution in [-0.2, 0) is 17.4 Å². The van der Waals surface area contributed by atoms with Gasteiger partial charge >= 0.3 is 12.1 Å². The number of rotatable bonds is 3. The first kappa shape index (κ1) is 14.8. The Morgan fingerprint density at radius 2 is 2.05 bits per heavy atom. The average Bonchev–Trinajstić information content (AvgIpc) is 2.25. The predicted octanol–water partition coefficient (Wildman–Crippen LogP) is 2.54. The van der Waals surface area contributed by atoms with Gasteiger partial charge in [-0.2, -0.15) is 18.4 Å². The standard InChI is InChI=1S/C10H5F5N2O2/c11-9(12)8-5(1-6(18)19)7(10(13,14)15)4(2-16)3-17-8/h3,9H,1H2,(H,18,19). The number of hydrogen-bond acceptors (Lipinski definition) is 3. The largest absolute Gasteiger partial charge is 0.481 e. The number of pyridine rings is 1. The van der Waals surface area contributed by atoms with Gasteiger partial charge in [0.05, 0.1) is 17.5 Å². The predicted molar refractivity (Wildman–Crippen MR) is 50.3 cm³/mol. The quantitative estimate of drug-likeness (QED) is 0.863. The summed E-state index contributed by atoms with van der Waals surface area (Å²) in [6.07, 6.45) is -9.43. The molecular formula is C10H5F5N2O2. The first-order valence-electron chi connectivity index (χ1n) is 4.67. The van der Waals surface area contributed by atoms with Crippen LogP contribution in [0, 0.1) is 11.3 Å². The summed E-state index contributed by atoms with van der Waals surface area (Å²) in [6, 6.07) is 1.16. The van der Waals surface area contributed by atoms with Gasteiger partial charge in [0.25, 0.3) is 6.43 Å². The summed E-state index contributed by atoms with van der Waals surface area (Å²) in [7, 11) is 0. The number of hydrogen-bond donors (Lipinski definition) is 1. The van der Waals surface area contributed by atoms with E-state index in [-0.39, 0.29) is 0 Å². The molecule has 0 bridgehead atoms. The molecule has 4 nitrogen and oxygen atoms in total. The second kappa shape index (κ2) is 5.17. The number of aliphatic carboxylic acids is 1. The molecule has 19 heavy (non-hydrogen) atoms. The van der Waals surface area contributed by atoms with Gasteiger partial charge in [-0.05, 0) is 0 Å². The van der Waals surface area contributed by atoms with Crippen molar-refractivity contribution in [1.82, 2.24) is 4.98 Å². The van der Waals surface area contributed by atoms with Crippen LogP contribution in [0.4, 0.5) is 22.0 Å². The fourth-order valence-electron chi connectivity index (χ4n) is 1.49. The maximum atomic E-state index is 12.8. The van der Waals surface area contributed by atoms with Crippen LogP contribution in [0.15, 0.2) is 6.20 Å². The first-order chi connectivity index (χ1) is 8.68. The zero-order valence-corrected chi connectivity index (χ0v) is 9.00. The molecule has 0 saturated carbocycles. The molecule has 1 N–H and O–H groups in total. The molecule has 0 atom stereocenters. The number of carboxylic acids is 1. The highest BCUT2D eigenvalue weighted by Crippen LogP contribution is 2.37. The van der Waals surface area contributed by atoms with Gasteiger partial charge in [0.15, 0.2) is 0 Å². The number of carboxylic acid groups (broad SMARTS) is 1. The second-order valence-electron chi connectivity index (χ2n) is 3.39. The molecule has 0 unspecified atom stereocenters. The molecule has 0 saturated heterocycles. The van der Waals surface area contributed by atoms with Crippen LogP contribution in [0.3, 0.4) is 0 Å². The van der Waals surface area contributed by atoms with E-state index in [4.69, 9.17) is 10.4 Å². The van der Waals surface area contributed by atoms with Crippen molar-refractivity contribution in [3.8, 4) is 6.07 Å². The molecule has 1 rings (SSSR count). The van der Waals surface area contributed by atoms with Crippen molar-refractivity contribution in [2.45, 2.75) is 19.0 Å². The fraction of sp³-hybridized carbons (Fsp3) is 0.300. The number of nitriles is 1. The van der Waals surface area contributed by atoms with Gasteiger partial charge in [0.1, 0.15) is 11.8 Å². The van der Waals surface area contributed by atoms with Gasteiger partial charge in [-0.15, -0.1) is 0 Å². The molecule has 1 heterocycles. The Morgan fingerprint density at radius 1 is 1.47 bits per heavy atom. The number of nitrogens with zero attached hydrogens (tertiary/aromatic N) is 2. The Balaban J connectivity index is 3.67. The first-order valence-corrected chi connectivity index (χ1v) is 4.67. The van der Waals surface area contributed by atoms with Crippen molar-refractivity contribution in [3.63, 3.8) is 0 Å². The van der Waals surface area contributed by atoms with Crippen LogP contribution in [0.25, 0.3) is 0 Å². The summed E-state index contributed by atoms with van der Waals surface area (Å²) in [5.41, 5.74) is -5.14. The highest BCUT2D eigenvalue weighted by Gasteiger charge is 2.39. The van der Waals surface area contributed by atoms with Crippen molar-refractivity contribution in [1.29, 1.82) is 5.26 Å². The Labute approximate surface area is 103 Å². The molecule has 0 fully saturated rings. The van der Waals surface area contributed by atoms with Gasteiger partial charge < -0.3 is 5.11 Å². The summed E-state index contributed by atoms with van der Waals surface area (Å²) in [5.74, 6) is -1.73. The lowest BCUT2D eigenvalue weighted by Gasteiger charge is -2.16. The van der Waals surface area contributed by atoms with Crippen LogP contribution in [-0.4, -0.2) is 16.1 Å². The third kappa shape index (κ3) is 3.15. The summed E-state index contributed by atoms with van der Waals surface area (Å²) in [4.78, 5) is 13.5. The van der Waals surface area contributed by atoms with Crippen LogP contribution >= 0.6 is 0 Å². The van der Waals surface area contributed by atoms with Gasteiger partial charge in [-0.25, -0.2) is 8.78 Å². The van der Waals surface area contributed by atoms with Crippen molar-refractivity contribution in [2.75, 3.05) is 0 Å². The summed E-state index contributed by atoms with van der Waals surface area (Å²) >= 11 is 0. The number of carbonyl (C=O) groups is 1. The average molecular weight is 280 g/mol. The molecule has 0 aliphatic carbocycles. The summed E-state index contributed by atoms with van der Waals surface area (Å²) in [5, 5.41) is 17.0. The Kier molecular flexibility index (Phi) is 4.04. The molecule has 102 valence electrons. The Morgan fingerprint density at radius 3 is 2.42 bits per heavy atom. The van der Waals surface area contributed by atoms with Crippen molar-refractivity contribution in [3.05, 3.63) is 28.6 Å². The van der Waals surface area contributed by atoms with Gasteiger partial charge in [-0.1, -0.05) is 0 Å². The molecule has 1 aromatic rings. The van der Waals surface area contributed by atoms with Crippen LogP contribution < -0.4 is 0 Å². The van der Waals surface area contributed by atoms with E-state index < -0.39 is 47.4 Å². The zero-order valence-electron chi connectivity index (χ0n) is 9.00. The van der Waals surface area contributed by atoms with Crippen LogP contribution in [0.2, 0.25) is 0 Å². The van der Waals surface area contributed by atoms with Gasteiger partial charge in [-0.3, -0.25) is 9.78 Å². The maximum absolute atomic E-state index is 12.8. The van der Waals surface area contributed by atoms with Gasteiger partial charge in [0.2, 0.25) is 0 Å². The fourth-order valence-corrected chi connectivity index (χ4v) is 1.49. The Hall–Kier alpha value is -2.24. The van der Waals surface area contributed by atoms with E-state index in [0.717, 1.165) is 6.07 Å². The smallest absolute Gasteiger partial charge is 0.418 e. The van der Waals surface area contributed by atoms with Crippen molar-refractivity contribution >= 4 is 5.97 Å². The number of alkyl halides is 5. The lowest BCUT2D eigenvalue weighted by atomic mass is 9.98. The van der Waals surface area contributed by atoms with E-state index in [1.807, 2.05) is 0 Å². The molecule has 0 radical (unpaired) electrons. The van der Waals surface area contributed by atoms with Gasteiger partial charge in [0, 0.05) is 11.8 Å². The minimum atomic E-state index is -5.12. The molecule has 0 aliphatic rings. The van der Waals surface area contributed by atoms with E-state index >= 15 is 0 Å². The third-order valence-corrected chi connectivity index (χ3v) is 2.15. The zero-order chi connectivity index (χ0) is 14.8. The molecule has 0 amide bonds. The van der Waals surface area contributed by atoms with E-state index in [2.05, 4.69) is 4.98 Å². The third-order valence-electron chi connectivity index (χ3n) is 2.15. The van der Waals surface area contributed by atoms with E-state index in [0.29, 0.717) is 6.20 Å². The van der Waals surface area contributed by atoms with Crippen LogP contribution in [0.5, 0.6) is 0 Å². The van der Waals surface area contributed by atoms with E-state index in [9.17, 15) is 26.7 Å². The lowest BCUT2D eigenvalue weighted by Crippen LogP contribution is -2.18. The minimum absolute atomic E-state index is 0.357. The van der Waals surface area contributed by atoms with Crippen molar-refractivity contribution < 1.29 is 31.9 Å². The SMILES string of the molecule is N#Cc1cnc(C(F)F)c(CC(=O)O)c1C(F)(F)F. The molecule has 1 aromatic heterocycles.